The van der Waals surface area contributed by atoms with Gasteiger partial charge in [0.05, 0.1) is 0 Å². The molecule has 0 atom stereocenters. The van der Waals surface area contributed by atoms with Gasteiger partial charge < -0.3 is 0 Å². The predicted octanol–water partition coefficient (Wildman–Crippen LogP) is 3.42. The smallest absolute Gasteiger partial charge is 0.123 e. The van der Waals surface area contributed by atoms with E-state index >= 15 is 0 Å². The summed E-state index contributed by atoms with van der Waals surface area (Å²) in [5, 5.41) is 0. The van der Waals surface area contributed by atoms with Crippen LogP contribution in [-0.4, -0.2) is 42.0 Å². The maximum Gasteiger partial charge on any atom is 0.123 e. The number of nitrogens with zero attached hydrogens (tertiary/aromatic N) is 2. The number of piperazine rings is 1. The molecule has 1 fully saturated rings. The Morgan fingerprint density at radius 2 is 1.62 bits per heavy atom. The number of hydrogen-bond donors (Lipinski definition) is 0. The van der Waals surface area contributed by atoms with Crippen LogP contribution in [0.5, 0.6) is 0 Å². The molecule has 2 aromatic rings. The van der Waals surface area contributed by atoms with E-state index in [1.165, 1.54) is 29.5 Å². The van der Waals surface area contributed by atoms with Gasteiger partial charge in [-0.3, -0.25) is 9.80 Å². The molecular formula is C21H25FN2. The molecular weight excluding hydrogens is 299 g/mol. The number of hydrogen-bond acceptors (Lipinski definition) is 2. The number of benzene rings is 2. The van der Waals surface area contributed by atoms with E-state index in [1.54, 1.807) is 12.1 Å². The highest BCUT2D eigenvalue weighted by atomic mass is 19.1. The van der Waals surface area contributed by atoms with Crippen molar-refractivity contribution in [3.8, 4) is 0 Å². The first-order valence-corrected chi connectivity index (χ1v) is 8.97. The Morgan fingerprint density at radius 3 is 2.29 bits per heavy atom. The molecule has 0 unspecified atom stereocenters. The maximum absolute atomic E-state index is 13.5. The Hall–Kier alpha value is -1.71. The second-order valence-corrected chi connectivity index (χ2v) is 7.21. The van der Waals surface area contributed by atoms with Crippen LogP contribution < -0.4 is 0 Å². The summed E-state index contributed by atoms with van der Waals surface area (Å²) in [6, 6.07) is 14.7. The van der Waals surface area contributed by atoms with Gasteiger partial charge in [-0.2, -0.15) is 0 Å². The number of halogens is 1. The second-order valence-electron chi connectivity index (χ2n) is 7.21. The fourth-order valence-corrected chi connectivity index (χ4v) is 4.13. The quantitative estimate of drug-likeness (QED) is 0.853. The number of fused-ring (bicyclic) bond motifs is 1. The van der Waals surface area contributed by atoms with Crippen molar-refractivity contribution >= 4 is 0 Å². The van der Waals surface area contributed by atoms with Crippen LogP contribution >= 0.6 is 0 Å². The monoisotopic (exact) mass is 324 g/mol. The van der Waals surface area contributed by atoms with Gasteiger partial charge in [0, 0.05) is 38.8 Å². The topological polar surface area (TPSA) is 6.48 Å². The van der Waals surface area contributed by atoms with E-state index in [0.717, 1.165) is 38.3 Å². The average Bonchev–Trinajstić information content (AvgIpc) is 3.03. The first-order valence-electron chi connectivity index (χ1n) is 8.97. The van der Waals surface area contributed by atoms with Crippen LogP contribution in [0.4, 0.5) is 4.39 Å². The van der Waals surface area contributed by atoms with Crippen LogP contribution in [0, 0.1) is 12.7 Å². The van der Waals surface area contributed by atoms with Gasteiger partial charge in [0.15, 0.2) is 0 Å². The summed E-state index contributed by atoms with van der Waals surface area (Å²) in [6.07, 6.45) is 2.39. The summed E-state index contributed by atoms with van der Waals surface area (Å²) in [6.45, 7) is 7.31. The molecule has 2 nitrogen and oxygen atoms in total. The minimum Gasteiger partial charge on any atom is -0.297 e. The van der Waals surface area contributed by atoms with Gasteiger partial charge in [-0.05, 0) is 54.2 Å². The van der Waals surface area contributed by atoms with E-state index in [-0.39, 0.29) is 5.82 Å². The fourth-order valence-electron chi connectivity index (χ4n) is 4.13. The van der Waals surface area contributed by atoms with Gasteiger partial charge in [-0.1, -0.05) is 30.3 Å². The molecule has 24 heavy (non-hydrogen) atoms. The van der Waals surface area contributed by atoms with Gasteiger partial charge in [0.2, 0.25) is 0 Å². The Bertz CT molecular complexity index is 695. The lowest BCUT2D eigenvalue weighted by Gasteiger charge is -2.38. The van der Waals surface area contributed by atoms with E-state index in [0.29, 0.717) is 6.04 Å². The molecule has 0 amide bonds. The van der Waals surface area contributed by atoms with Crippen LogP contribution in [-0.2, 0) is 19.4 Å². The third-order valence-corrected chi connectivity index (χ3v) is 5.66. The van der Waals surface area contributed by atoms with Crippen molar-refractivity contribution in [2.45, 2.75) is 32.4 Å². The molecule has 0 radical (unpaired) electrons. The lowest BCUT2D eigenvalue weighted by molar-refractivity contribution is 0.0947. The predicted molar refractivity (Wildman–Crippen MR) is 95.6 cm³/mol. The minimum absolute atomic E-state index is 0.127. The van der Waals surface area contributed by atoms with Gasteiger partial charge in [0.1, 0.15) is 5.82 Å². The lowest BCUT2D eigenvalue weighted by Crippen LogP contribution is -2.50. The molecule has 1 heterocycles. The van der Waals surface area contributed by atoms with Crippen LogP contribution in [0.25, 0.3) is 0 Å². The van der Waals surface area contributed by atoms with Gasteiger partial charge in [-0.15, -0.1) is 0 Å². The molecule has 126 valence electrons. The summed E-state index contributed by atoms with van der Waals surface area (Å²) in [5.41, 5.74) is 5.36. The van der Waals surface area contributed by atoms with Crippen LogP contribution in [0.2, 0.25) is 0 Å². The van der Waals surface area contributed by atoms with Crippen LogP contribution in [0.1, 0.15) is 22.3 Å². The zero-order valence-corrected chi connectivity index (χ0v) is 14.3. The summed E-state index contributed by atoms with van der Waals surface area (Å²) in [7, 11) is 0. The van der Waals surface area contributed by atoms with Crippen molar-refractivity contribution in [1.29, 1.82) is 0 Å². The Labute approximate surface area is 143 Å². The highest BCUT2D eigenvalue weighted by Crippen LogP contribution is 2.26. The molecule has 1 aliphatic carbocycles. The normalized spacial score (nSPS) is 19.6. The summed E-state index contributed by atoms with van der Waals surface area (Å²) in [5.74, 6) is -0.127. The highest BCUT2D eigenvalue weighted by Gasteiger charge is 2.29. The van der Waals surface area contributed by atoms with Crippen molar-refractivity contribution in [1.82, 2.24) is 9.80 Å². The Morgan fingerprint density at radius 1 is 0.958 bits per heavy atom. The third kappa shape index (κ3) is 3.24. The molecule has 2 aliphatic rings. The summed E-state index contributed by atoms with van der Waals surface area (Å²) < 4.78 is 13.5. The molecule has 4 rings (SSSR count). The van der Waals surface area contributed by atoms with Crippen molar-refractivity contribution in [2.24, 2.45) is 0 Å². The van der Waals surface area contributed by atoms with Crippen molar-refractivity contribution in [2.75, 3.05) is 26.2 Å². The molecule has 3 heteroatoms. The van der Waals surface area contributed by atoms with E-state index < -0.39 is 0 Å². The largest absolute Gasteiger partial charge is 0.297 e. The molecule has 0 saturated carbocycles. The average molecular weight is 324 g/mol. The van der Waals surface area contributed by atoms with Crippen molar-refractivity contribution in [3.63, 3.8) is 0 Å². The molecule has 0 N–H and O–H groups in total. The first kappa shape index (κ1) is 15.8. The maximum atomic E-state index is 13.5. The van der Waals surface area contributed by atoms with Gasteiger partial charge >= 0.3 is 0 Å². The zero-order chi connectivity index (χ0) is 16.5. The van der Waals surface area contributed by atoms with E-state index in [1.807, 2.05) is 6.07 Å². The van der Waals surface area contributed by atoms with E-state index in [4.69, 9.17) is 0 Å². The van der Waals surface area contributed by atoms with Gasteiger partial charge in [-0.25, -0.2) is 4.39 Å². The molecule has 0 bridgehead atoms. The third-order valence-electron chi connectivity index (χ3n) is 5.66. The first-order chi connectivity index (χ1) is 11.7. The van der Waals surface area contributed by atoms with Gasteiger partial charge in [0.25, 0.3) is 0 Å². The molecule has 0 spiro atoms. The van der Waals surface area contributed by atoms with Crippen LogP contribution in [0.3, 0.4) is 0 Å². The van der Waals surface area contributed by atoms with Crippen molar-refractivity contribution in [3.05, 3.63) is 70.5 Å². The number of aryl methyl sites for hydroxylation is 1. The molecule has 1 saturated heterocycles. The lowest BCUT2D eigenvalue weighted by atomic mass is 10.1. The standard InChI is InChI=1S/C21H25FN2/c1-16-6-7-20(22)12-19(16)15-23-8-10-24(11-9-23)21-13-17-4-2-3-5-18(17)14-21/h2-7,12,21H,8-11,13-15H2,1H3. The minimum atomic E-state index is -0.127. The Kier molecular flexibility index (Phi) is 4.38. The van der Waals surface area contributed by atoms with Crippen molar-refractivity contribution < 1.29 is 4.39 Å². The van der Waals surface area contributed by atoms with E-state index in [9.17, 15) is 4.39 Å². The van der Waals surface area contributed by atoms with E-state index in [2.05, 4.69) is 41.0 Å². The van der Waals surface area contributed by atoms with Crippen LogP contribution in [0.15, 0.2) is 42.5 Å². The molecule has 2 aromatic carbocycles. The summed E-state index contributed by atoms with van der Waals surface area (Å²) in [4.78, 5) is 5.11. The molecule has 1 aliphatic heterocycles. The summed E-state index contributed by atoms with van der Waals surface area (Å²) >= 11 is 0. The second kappa shape index (κ2) is 6.66. The Balaban J connectivity index is 1.34. The zero-order valence-electron chi connectivity index (χ0n) is 14.3. The number of rotatable bonds is 3. The molecule has 0 aromatic heterocycles. The fraction of sp³-hybridized carbons (Fsp3) is 0.429. The SMILES string of the molecule is Cc1ccc(F)cc1CN1CCN(C2Cc3ccccc3C2)CC1. The highest BCUT2D eigenvalue weighted by molar-refractivity contribution is 5.33.